The molecule has 1 aromatic carbocycles. The summed E-state index contributed by atoms with van der Waals surface area (Å²) in [6.07, 6.45) is 2.50. The molecule has 1 aromatic heterocycles. The Bertz CT molecular complexity index is 856. The third-order valence-electron chi connectivity index (χ3n) is 4.98. The Labute approximate surface area is 157 Å². The molecule has 1 aliphatic heterocycles. The molecule has 0 bridgehead atoms. The van der Waals surface area contributed by atoms with Crippen molar-refractivity contribution in [1.82, 2.24) is 5.32 Å². The molecule has 6 heteroatoms. The van der Waals surface area contributed by atoms with Crippen molar-refractivity contribution >= 4 is 34.5 Å². The van der Waals surface area contributed by atoms with Crippen LogP contribution in [-0.2, 0) is 11.3 Å². The average Bonchev–Trinajstić information content (AvgIpc) is 3.36. The SMILES string of the molecule is CC(=O)NCc1ccc(C(=O)N2CCN(C3CC3)c3c(C)cccc32)s1. The van der Waals surface area contributed by atoms with E-state index < -0.39 is 0 Å². The molecule has 2 amide bonds. The fourth-order valence-electron chi connectivity index (χ4n) is 3.57. The first-order valence-corrected chi connectivity index (χ1v) is 9.87. The smallest absolute Gasteiger partial charge is 0.268 e. The van der Waals surface area contributed by atoms with Crippen molar-refractivity contribution in [3.05, 3.63) is 45.6 Å². The van der Waals surface area contributed by atoms with Crippen LogP contribution < -0.4 is 15.1 Å². The first kappa shape index (κ1) is 17.1. The molecule has 1 aliphatic carbocycles. The second kappa shape index (κ2) is 6.76. The minimum atomic E-state index is -0.0631. The van der Waals surface area contributed by atoms with E-state index in [1.165, 1.54) is 42.4 Å². The van der Waals surface area contributed by atoms with Gasteiger partial charge in [0.2, 0.25) is 5.91 Å². The molecular formula is C20H23N3O2S. The van der Waals surface area contributed by atoms with Gasteiger partial charge in [-0.3, -0.25) is 9.59 Å². The average molecular weight is 369 g/mol. The van der Waals surface area contributed by atoms with Crippen LogP contribution in [0.25, 0.3) is 0 Å². The van der Waals surface area contributed by atoms with Crippen molar-refractivity contribution < 1.29 is 9.59 Å². The van der Waals surface area contributed by atoms with Gasteiger partial charge >= 0.3 is 0 Å². The second-order valence-corrected chi connectivity index (χ2v) is 8.17. The number of para-hydroxylation sites is 1. The number of hydrogen-bond donors (Lipinski definition) is 1. The third kappa shape index (κ3) is 3.21. The fraction of sp³-hybridized carbons (Fsp3) is 0.400. The van der Waals surface area contributed by atoms with E-state index in [1.54, 1.807) is 0 Å². The lowest BCUT2D eigenvalue weighted by molar-refractivity contribution is -0.119. The Morgan fingerprint density at radius 1 is 1.19 bits per heavy atom. The van der Waals surface area contributed by atoms with Gasteiger partial charge in [-0.1, -0.05) is 12.1 Å². The minimum absolute atomic E-state index is 0.0476. The van der Waals surface area contributed by atoms with E-state index in [0.717, 1.165) is 22.0 Å². The lowest BCUT2D eigenvalue weighted by Gasteiger charge is -2.39. The van der Waals surface area contributed by atoms with Crippen LogP contribution in [0.1, 0.15) is 39.9 Å². The molecule has 1 saturated carbocycles. The summed E-state index contributed by atoms with van der Waals surface area (Å²) in [6, 6.07) is 10.6. The quantitative estimate of drug-likeness (QED) is 0.899. The minimum Gasteiger partial charge on any atom is -0.365 e. The van der Waals surface area contributed by atoms with Crippen LogP contribution in [0.4, 0.5) is 11.4 Å². The Morgan fingerprint density at radius 3 is 2.73 bits per heavy atom. The van der Waals surface area contributed by atoms with Gasteiger partial charge in [-0.05, 0) is 43.5 Å². The normalized spacial score (nSPS) is 16.4. The summed E-state index contributed by atoms with van der Waals surface area (Å²) in [5.74, 6) is -0.0155. The molecule has 0 spiro atoms. The molecule has 136 valence electrons. The Morgan fingerprint density at radius 2 is 2.00 bits per heavy atom. The molecule has 1 N–H and O–H groups in total. The molecule has 0 saturated heterocycles. The maximum atomic E-state index is 13.1. The van der Waals surface area contributed by atoms with Crippen LogP contribution in [-0.4, -0.2) is 30.9 Å². The van der Waals surface area contributed by atoms with Crippen LogP contribution in [0.15, 0.2) is 30.3 Å². The lowest BCUT2D eigenvalue weighted by atomic mass is 10.1. The molecule has 2 heterocycles. The van der Waals surface area contributed by atoms with Crippen LogP contribution in [0.3, 0.4) is 0 Å². The van der Waals surface area contributed by atoms with Gasteiger partial charge in [0, 0.05) is 30.9 Å². The predicted octanol–water partition coefficient (Wildman–Crippen LogP) is 3.32. The number of rotatable bonds is 4. The van der Waals surface area contributed by atoms with Crippen LogP contribution >= 0.6 is 11.3 Å². The van der Waals surface area contributed by atoms with E-state index in [0.29, 0.717) is 19.1 Å². The number of carbonyl (C=O) groups is 2. The van der Waals surface area contributed by atoms with E-state index in [9.17, 15) is 9.59 Å². The Hall–Kier alpha value is -2.34. The standard InChI is InChI=1S/C20H23N3O2S/c1-13-4-3-5-17-19(13)22(15-6-7-15)10-11-23(17)20(25)18-9-8-16(26-18)12-21-14(2)24/h3-5,8-9,15H,6-7,10-12H2,1-2H3,(H,21,24). The van der Waals surface area contributed by atoms with Crippen molar-refractivity contribution in [2.75, 3.05) is 22.9 Å². The number of benzene rings is 1. The summed E-state index contributed by atoms with van der Waals surface area (Å²) in [5.41, 5.74) is 3.46. The lowest BCUT2D eigenvalue weighted by Crippen LogP contribution is -2.45. The summed E-state index contributed by atoms with van der Waals surface area (Å²) >= 11 is 1.46. The predicted molar refractivity (Wildman–Crippen MR) is 105 cm³/mol. The van der Waals surface area contributed by atoms with Crippen molar-refractivity contribution in [2.45, 2.75) is 39.3 Å². The van der Waals surface area contributed by atoms with Gasteiger partial charge in [0.15, 0.2) is 0 Å². The highest BCUT2D eigenvalue weighted by atomic mass is 32.1. The van der Waals surface area contributed by atoms with Gasteiger partial charge in [-0.2, -0.15) is 0 Å². The third-order valence-corrected chi connectivity index (χ3v) is 6.05. The Balaban J connectivity index is 1.60. The second-order valence-electron chi connectivity index (χ2n) is 7.00. The number of nitrogens with zero attached hydrogens (tertiary/aromatic N) is 2. The maximum absolute atomic E-state index is 13.1. The first-order valence-electron chi connectivity index (χ1n) is 9.06. The van der Waals surface area contributed by atoms with Gasteiger partial charge in [0.25, 0.3) is 5.91 Å². The van der Waals surface area contributed by atoms with E-state index in [-0.39, 0.29) is 11.8 Å². The van der Waals surface area contributed by atoms with Crippen molar-refractivity contribution in [3.8, 4) is 0 Å². The van der Waals surface area contributed by atoms with Gasteiger partial charge in [-0.15, -0.1) is 11.3 Å². The van der Waals surface area contributed by atoms with Gasteiger partial charge in [-0.25, -0.2) is 0 Å². The zero-order valence-electron chi connectivity index (χ0n) is 15.1. The number of anilines is 2. The first-order chi connectivity index (χ1) is 12.5. The Kier molecular flexibility index (Phi) is 4.44. The maximum Gasteiger partial charge on any atom is 0.268 e. The summed E-state index contributed by atoms with van der Waals surface area (Å²) in [4.78, 5) is 30.3. The zero-order valence-corrected chi connectivity index (χ0v) is 15.9. The van der Waals surface area contributed by atoms with Gasteiger partial charge in [0.1, 0.15) is 0 Å². The zero-order chi connectivity index (χ0) is 18.3. The number of aryl methyl sites for hydroxylation is 1. The molecule has 0 atom stereocenters. The molecule has 2 aliphatic rings. The molecule has 26 heavy (non-hydrogen) atoms. The highest BCUT2D eigenvalue weighted by Crippen LogP contribution is 2.42. The van der Waals surface area contributed by atoms with Gasteiger partial charge < -0.3 is 15.1 Å². The molecular weight excluding hydrogens is 346 g/mol. The monoisotopic (exact) mass is 369 g/mol. The number of hydrogen-bond acceptors (Lipinski definition) is 4. The van der Waals surface area contributed by atoms with E-state index in [1.807, 2.05) is 23.1 Å². The van der Waals surface area contributed by atoms with Crippen molar-refractivity contribution in [3.63, 3.8) is 0 Å². The van der Waals surface area contributed by atoms with Crippen molar-refractivity contribution in [1.29, 1.82) is 0 Å². The van der Waals surface area contributed by atoms with E-state index >= 15 is 0 Å². The number of fused-ring (bicyclic) bond motifs is 1. The van der Waals surface area contributed by atoms with E-state index in [4.69, 9.17) is 0 Å². The van der Waals surface area contributed by atoms with E-state index in [2.05, 4.69) is 29.3 Å². The number of amides is 2. The molecule has 5 nitrogen and oxygen atoms in total. The summed E-state index contributed by atoms with van der Waals surface area (Å²) < 4.78 is 0. The van der Waals surface area contributed by atoms with Crippen molar-refractivity contribution in [2.24, 2.45) is 0 Å². The fourth-order valence-corrected chi connectivity index (χ4v) is 4.47. The van der Waals surface area contributed by atoms with Crippen LogP contribution in [0.5, 0.6) is 0 Å². The van der Waals surface area contributed by atoms with Crippen LogP contribution in [0.2, 0.25) is 0 Å². The topological polar surface area (TPSA) is 52.7 Å². The highest BCUT2D eigenvalue weighted by Gasteiger charge is 2.36. The van der Waals surface area contributed by atoms with Gasteiger partial charge in [0.05, 0.1) is 22.8 Å². The number of nitrogens with one attached hydrogen (secondary N) is 1. The summed E-state index contributed by atoms with van der Waals surface area (Å²) in [7, 11) is 0. The molecule has 1 fully saturated rings. The molecule has 4 rings (SSSR count). The summed E-state index contributed by atoms with van der Waals surface area (Å²) in [5, 5.41) is 2.78. The summed E-state index contributed by atoms with van der Waals surface area (Å²) in [6.45, 7) is 5.69. The molecule has 2 aromatic rings. The largest absolute Gasteiger partial charge is 0.365 e. The molecule has 0 radical (unpaired) electrons. The number of carbonyl (C=O) groups excluding carboxylic acids is 2. The highest BCUT2D eigenvalue weighted by molar-refractivity contribution is 7.14. The van der Waals surface area contributed by atoms with Crippen LogP contribution in [0, 0.1) is 6.92 Å². The molecule has 0 unspecified atom stereocenters. The number of thiophene rings is 1.